The number of ether oxygens (including phenoxy) is 2. The number of carbonyl (C=O) groups is 3. The minimum Gasteiger partial charge on any atom is -0.468 e. The van der Waals surface area contributed by atoms with Crippen molar-refractivity contribution in [3.05, 3.63) is 64.2 Å². The molecule has 0 saturated heterocycles. The molecule has 1 aromatic heterocycles. The maximum atomic E-state index is 13.0. The summed E-state index contributed by atoms with van der Waals surface area (Å²) in [7, 11) is 2.55. The van der Waals surface area contributed by atoms with Crippen LogP contribution in [0.25, 0.3) is 10.2 Å². The lowest BCUT2D eigenvalue weighted by atomic mass is 10.1. The molecule has 1 amide bonds. The number of aromatic nitrogens is 1. The van der Waals surface area contributed by atoms with Gasteiger partial charge in [-0.05, 0) is 35.9 Å². The van der Waals surface area contributed by atoms with Crippen molar-refractivity contribution in [2.75, 3.05) is 14.2 Å². The van der Waals surface area contributed by atoms with Gasteiger partial charge in [-0.1, -0.05) is 23.5 Å². The van der Waals surface area contributed by atoms with E-state index >= 15 is 0 Å². The van der Waals surface area contributed by atoms with Crippen molar-refractivity contribution >= 4 is 39.4 Å². The zero-order chi connectivity index (χ0) is 21.0. The van der Waals surface area contributed by atoms with Crippen LogP contribution in [0.15, 0.2) is 47.5 Å². The Morgan fingerprint density at radius 2 is 1.79 bits per heavy atom. The normalized spacial score (nSPS) is 11.5. The maximum absolute atomic E-state index is 13.0. The van der Waals surface area contributed by atoms with Crippen LogP contribution in [-0.2, 0) is 32.0 Å². The van der Waals surface area contributed by atoms with Crippen LogP contribution < -0.4 is 4.80 Å². The number of thiazole rings is 1. The molecule has 0 bridgehead atoms. The van der Waals surface area contributed by atoms with E-state index < -0.39 is 17.8 Å². The second-order valence-corrected chi connectivity index (χ2v) is 7.04. The largest absolute Gasteiger partial charge is 0.468 e. The minimum atomic E-state index is -0.505. The first-order valence-electron chi connectivity index (χ1n) is 8.52. The fourth-order valence-corrected chi connectivity index (χ4v) is 3.76. The van der Waals surface area contributed by atoms with Crippen molar-refractivity contribution in [2.24, 2.45) is 4.99 Å². The highest BCUT2D eigenvalue weighted by molar-refractivity contribution is 7.16. The van der Waals surface area contributed by atoms with Crippen LogP contribution in [0.2, 0.25) is 0 Å². The smallest absolute Gasteiger partial charge is 0.337 e. The average Bonchev–Trinajstić information content (AvgIpc) is 3.04. The molecule has 9 heteroatoms. The molecule has 3 aromatic rings. The van der Waals surface area contributed by atoms with Gasteiger partial charge in [0.15, 0.2) is 4.80 Å². The van der Waals surface area contributed by atoms with Crippen LogP contribution in [0.1, 0.15) is 15.9 Å². The van der Waals surface area contributed by atoms with Gasteiger partial charge in [0.2, 0.25) is 0 Å². The van der Waals surface area contributed by atoms with Crippen LogP contribution in [0.4, 0.5) is 4.39 Å². The van der Waals surface area contributed by atoms with Crippen molar-refractivity contribution in [2.45, 2.75) is 13.0 Å². The first-order chi connectivity index (χ1) is 13.9. The Morgan fingerprint density at radius 1 is 1.07 bits per heavy atom. The number of nitrogens with zero attached hydrogens (tertiary/aromatic N) is 2. The van der Waals surface area contributed by atoms with Gasteiger partial charge in [0.1, 0.15) is 12.4 Å². The van der Waals surface area contributed by atoms with Crippen LogP contribution >= 0.6 is 11.3 Å². The highest BCUT2D eigenvalue weighted by atomic mass is 32.1. The van der Waals surface area contributed by atoms with E-state index in [-0.39, 0.29) is 18.8 Å². The lowest BCUT2D eigenvalue weighted by Gasteiger charge is -2.04. The zero-order valence-corrected chi connectivity index (χ0v) is 16.5. The molecule has 150 valence electrons. The van der Waals surface area contributed by atoms with Gasteiger partial charge in [0.25, 0.3) is 5.91 Å². The molecule has 29 heavy (non-hydrogen) atoms. The van der Waals surface area contributed by atoms with E-state index in [1.165, 1.54) is 38.5 Å². The van der Waals surface area contributed by atoms with E-state index in [1.54, 1.807) is 22.8 Å². The van der Waals surface area contributed by atoms with Crippen LogP contribution in [-0.4, -0.2) is 36.6 Å². The molecule has 3 rings (SSSR count). The molecular weight excluding hydrogens is 399 g/mol. The summed E-state index contributed by atoms with van der Waals surface area (Å²) in [5.41, 5.74) is 1.59. The molecule has 0 aliphatic carbocycles. The molecule has 1 heterocycles. The minimum absolute atomic E-state index is 0.0137. The summed E-state index contributed by atoms with van der Waals surface area (Å²) >= 11 is 1.16. The summed E-state index contributed by atoms with van der Waals surface area (Å²) < 4.78 is 24.7. The SMILES string of the molecule is COC(=O)Cn1c(=NC(=O)Cc2ccc(F)cc2)sc2cc(C(=O)OC)ccc21. The monoisotopic (exact) mass is 416 g/mol. The van der Waals surface area contributed by atoms with Crippen molar-refractivity contribution in [1.82, 2.24) is 4.57 Å². The van der Waals surface area contributed by atoms with E-state index in [0.717, 1.165) is 11.3 Å². The number of halogens is 1. The molecule has 0 atom stereocenters. The third-order valence-corrected chi connectivity index (χ3v) is 5.15. The number of hydrogen-bond acceptors (Lipinski definition) is 6. The Balaban J connectivity index is 2.03. The van der Waals surface area contributed by atoms with E-state index in [4.69, 9.17) is 9.47 Å². The van der Waals surface area contributed by atoms with Crippen molar-refractivity contribution in [3.63, 3.8) is 0 Å². The predicted octanol–water partition coefficient (Wildman–Crippen LogP) is 2.47. The number of carbonyl (C=O) groups excluding carboxylic acids is 3. The van der Waals surface area contributed by atoms with Gasteiger partial charge in [0.05, 0.1) is 36.4 Å². The van der Waals surface area contributed by atoms with E-state index in [2.05, 4.69) is 4.99 Å². The summed E-state index contributed by atoms with van der Waals surface area (Å²) in [6.45, 7) is -0.142. The molecule has 0 N–H and O–H groups in total. The van der Waals surface area contributed by atoms with Gasteiger partial charge in [-0.2, -0.15) is 4.99 Å². The summed E-state index contributed by atoms with van der Waals surface area (Å²) in [5.74, 6) is -1.84. The number of rotatable bonds is 5. The fraction of sp³-hybridized carbons (Fsp3) is 0.200. The number of methoxy groups -OCH3 is 2. The lowest BCUT2D eigenvalue weighted by Crippen LogP contribution is -2.22. The second kappa shape index (κ2) is 8.78. The Kier molecular flexibility index (Phi) is 6.18. The number of hydrogen-bond donors (Lipinski definition) is 0. The Morgan fingerprint density at radius 3 is 2.45 bits per heavy atom. The van der Waals surface area contributed by atoms with Gasteiger partial charge >= 0.3 is 11.9 Å². The van der Waals surface area contributed by atoms with E-state index in [9.17, 15) is 18.8 Å². The van der Waals surface area contributed by atoms with Gasteiger partial charge < -0.3 is 14.0 Å². The number of benzene rings is 2. The molecule has 0 aliphatic heterocycles. The van der Waals surface area contributed by atoms with Gasteiger partial charge in [-0.25, -0.2) is 9.18 Å². The van der Waals surface area contributed by atoms with Crippen molar-refractivity contribution in [1.29, 1.82) is 0 Å². The quantitative estimate of drug-likeness (QED) is 0.597. The van der Waals surface area contributed by atoms with Gasteiger partial charge in [-0.15, -0.1) is 0 Å². The molecule has 0 saturated carbocycles. The van der Waals surface area contributed by atoms with E-state index in [1.807, 2.05) is 0 Å². The third kappa shape index (κ3) is 4.75. The molecule has 0 fully saturated rings. The maximum Gasteiger partial charge on any atom is 0.337 e. The standard InChI is InChI=1S/C20H17FN2O5S/c1-27-18(25)11-23-15-8-5-13(19(26)28-2)10-16(15)29-20(23)22-17(24)9-12-3-6-14(21)7-4-12/h3-8,10H,9,11H2,1-2H3. The molecule has 7 nitrogen and oxygen atoms in total. The van der Waals surface area contributed by atoms with Gasteiger partial charge in [-0.3, -0.25) is 9.59 Å². The van der Waals surface area contributed by atoms with Crippen molar-refractivity contribution < 1.29 is 28.2 Å². The molecule has 2 aromatic carbocycles. The Labute approximate surface area is 169 Å². The fourth-order valence-electron chi connectivity index (χ4n) is 2.67. The summed E-state index contributed by atoms with van der Waals surface area (Å²) in [6.07, 6.45) is -0.0137. The molecule has 0 aliphatic rings. The predicted molar refractivity (Wildman–Crippen MR) is 104 cm³/mol. The summed E-state index contributed by atoms with van der Waals surface area (Å²) in [6, 6.07) is 10.4. The topological polar surface area (TPSA) is 87.0 Å². The van der Waals surface area contributed by atoms with Crippen LogP contribution in [0.3, 0.4) is 0 Å². The van der Waals surface area contributed by atoms with Crippen LogP contribution in [0, 0.1) is 5.82 Å². The number of esters is 2. The molecule has 0 unspecified atom stereocenters. The lowest BCUT2D eigenvalue weighted by molar-refractivity contribution is -0.141. The number of fused-ring (bicyclic) bond motifs is 1. The third-order valence-electron chi connectivity index (χ3n) is 4.11. The first kappa shape index (κ1) is 20.4. The molecular formula is C20H17FN2O5S. The Bertz CT molecular complexity index is 1150. The average molecular weight is 416 g/mol. The highest BCUT2D eigenvalue weighted by Gasteiger charge is 2.14. The zero-order valence-electron chi connectivity index (χ0n) is 15.7. The molecule has 0 radical (unpaired) electrons. The van der Waals surface area contributed by atoms with Crippen molar-refractivity contribution in [3.8, 4) is 0 Å². The highest BCUT2D eigenvalue weighted by Crippen LogP contribution is 2.20. The van der Waals surface area contributed by atoms with Crippen LogP contribution in [0.5, 0.6) is 0 Å². The van der Waals surface area contributed by atoms with E-state index in [0.29, 0.717) is 26.1 Å². The number of amides is 1. The summed E-state index contributed by atoms with van der Waals surface area (Å²) in [4.78, 5) is 40.4. The molecule has 0 spiro atoms. The Hall–Kier alpha value is -3.33. The van der Waals surface area contributed by atoms with Gasteiger partial charge in [0, 0.05) is 0 Å². The second-order valence-electron chi connectivity index (χ2n) is 6.03. The first-order valence-corrected chi connectivity index (χ1v) is 9.33. The summed E-state index contributed by atoms with van der Waals surface area (Å²) in [5, 5.41) is 0.